The molecule has 1 aromatic heterocycles. The predicted octanol–water partition coefficient (Wildman–Crippen LogP) is 3.05. The molecule has 0 radical (unpaired) electrons. The normalized spacial score (nSPS) is 12.2. The van der Waals surface area contributed by atoms with Gasteiger partial charge in [-0.2, -0.15) is 0 Å². The van der Waals surface area contributed by atoms with Crippen molar-refractivity contribution in [1.82, 2.24) is 14.9 Å². The number of nitrogens with one attached hydrogen (secondary N) is 1. The zero-order valence-corrected chi connectivity index (χ0v) is 19.5. The van der Waals surface area contributed by atoms with Gasteiger partial charge < -0.3 is 14.6 Å². The molecule has 0 aliphatic carbocycles. The summed E-state index contributed by atoms with van der Waals surface area (Å²) in [4.78, 5) is 17.0. The number of amides is 1. The van der Waals surface area contributed by atoms with E-state index in [1.165, 1.54) is 11.4 Å². The van der Waals surface area contributed by atoms with Gasteiger partial charge in [-0.1, -0.05) is 25.1 Å². The second-order valence-electron chi connectivity index (χ2n) is 7.43. The minimum atomic E-state index is -3.34. The number of para-hydroxylation sites is 1. The maximum Gasteiger partial charge on any atom is 0.261 e. The largest absolute Gasteiger partial charge is 0.481 e. The molecule has 0 aliphatic rings. The SMILES string of the molecule is CC[C@@H](Oc1ccc(N(C)S(C)(=O)=O)cc1)C(=O)NCc1ccccc1-n1ccnc1C. The number of nitrogens with zero attached hydrogens (tertiary/aromatic N) is 3. The fourth-order valence-corrected chi connectivity index (χ4v) is 3.74. The molecular weight excluding hydrogens is 428 g/mol. The number of imidazole rings is 1. The lowest BCUT2D eigenvalue weighted by Crippen LogP contribution is -2.37. The second kappa shape index (κ2) is 9.86. The standard InChI is InChI=1S/C23H28N4O4S/c1-5-22(31-20-12-10-19(11-13-20)26(3)32(4,29)30)23(28)25-16-18-8-6-7-9-21(18)27-15-14-24-17(27)2/h6-15,22H,5,16H2,1-4H3,(H,25,28)/t22-/m1/s1. The topological polar surface area (TPSA) is 93.5 Å². The van der Waals surface area contributed by atoms with Gasteiger partial charge in [-0.05, 0) is 49.2 Å². The number of ether oxygens (including phenoxy) is 1. The smallest absolute Gasteiger partial charge is 0.261 e. The van der Waals surface area contributed by atoms with Gasteiger partial charge in [0.1, 0.15) is 11.6 Å². The molecule has 3 rings (SSSR count). The predicted molar refractivity (Wildman–Crippen MR) is 125 cm³/mol. The van der Waals surface area contributed by atoms with Crippen LogP contribution in [-0.4, -0.2) is 43.3 Å². The lowest BCUT2D eigenvalue weighted by Gasteiger charge is -2.20. The highest BCUT2D eigenvalue weighted by Crippen LogP contribution is 2.22. The van der Waals surface area contributed by atoms with Crippen LogP contribution in [-0.2, 0) is 21.4 Å². The number of benzene rings is 2. The van der Waals surface area contributed by atoms with Crippen LogP contribution >= 0.6 is 0 Å². The van der Waals surface area contributed by atoms with Crippen molar-refractivity contribution in [2.75, 3.05) is 17.6 Å². The lowest BCUT2D eigenvalue weighted by molar-refractivity contribution is -0.128. The fourth-order valence-electron chi connectivity index (χ4n) is 3.24. The van der Waals surface area contributed by atoms with Gasteiger partial charge in [0, 0.05) is 26.0 Å². The van der Waals surface area contributed by atoms with Crippen molar-refractivity contribution in [1.29, 1.82) is 0 Å². The van der Waals surface area contributed by atoms with E-state index in [-0.39, 0.29) is 5.91 Å². The number of carbonyl (C=O) groups is 1. The van der Waals surface area contributed by atoms with E-state index in [9.17, 15) is 13.2 Å². The van der Waals surface area contributed by atoms with Gasteiger partial charge in [0.25, 0.3) is 5.91 Å². The minimum Gasteiger partial charge on any atom is -0.481 e. The first-order valence-corrected chi connectivity index (χ1v) is 12.1. The molecule has 0 unspecified atom stereocenters. The first-order chi connectivity index (χ1) is 15.2. The number of sulfonamides is 1. The Kier molecular flexibility index (Phi) is 7.19. The molecule has 0 aliphatic heterocycles. The van der Waals surface area contributed by atoms with Crippen molar-refractivity contribution >= 4 is 21.6 Å². The molecule has 1 N–H and O–H groups in total. The van der Waals surface area contributed by atoms with Crippen LogP contribution in [0.25, 0.3) is 5.69 Å². The summed E-state index contributed by atoms with van der Waals surface area (Å²) in [7, 11) is -1.86. The molecule has 2 aromatic carbocycles. The van der Waals surface area contributed by atoms with Crippen LogP contribution in [0.1, 0.15) is 24.7 Å². The molecule has 1 atom stereocenters. The van der Waals surface area contributed by atoms with E-state index in [0.717, 1.165) is 23.3 Å². The quantitative estimate of drug-likeness (QED) is 0.534. The van der Waals surface area contributed by atoms with Crippen LogP contribution in [0.15, 0.2) is 60.9 Å². The number of carbonyl (C=O) groups excluding carboxylic acids is 1. The van der Waals surface area contributed by atoms with Crippen LogP contribution in [0.4, 0.5) is 5.69 Å². The van der Waals surface area contributed by atoms with Gasteiger partial charge in [-0.25, -0.2) is 13.4 Å². The third-order valence-electron chi connectivity index (χ3n) is 5.17. The maximum atomic E-state index is 12.8. The van der Waals surface area contributed by atoms with Gasteiger partial charge in [-0.15, -0.1) is 0 Å². The number of rotatable bonds is 9. The van der Waals surface area contributed by atoms with Gasteiger partial charge >= 0.3 is 0 Å². The Morgan fingerprint density at radius 2 is 1.88 bits per heavy atom. The van der Waals surface area contributed by atoms with Crippen molar-refractivity contribution in [3.63, 3.8) is 0 Å². The molecule has 0 bridgehead atoms. The average Bonchev–Trinajstić information content (AvgIpc) is 3.21. The van der Waals surface area contributed by atoms with E-state index in [1.807, 2.05) is 48.9 Å². The molecule has 1 amide bonds. The Morgan fingerprint density at radius 3 is 2.47 bits per heavy atom. The lowest BCUT2D eigenvalue weighted by atomic mass is 10.1. The summed E-state index contributed by atoms with van der Waals surface area (Å²) in [5, 5.41) is 2.96. The molecule has 3 aromatic rings. The Balaban J connectivity index is 1.66. The van der Waals surface area contributed by atoms with Gasteiger partial charge in [0.05, 0.1) is 17.6 Å². The zero-order chi connectivity index (χ0) is 23.3. The van der Waals surface area contributed by atoms with E-state index in [1.54, 1.807) is 30.5 Å². The van der Waals surface area contributed by atoms with E-state index in [4.69, 9.17) is 4.74 Å². The van der Waals surface area contributed by atoms with Crippen LogP contribution < -0.4 is 14.4 Å². The highest BCUT2D eigenvalue weighted by Gasteiger charge is 2.19. The first kappa shape index (κ1) is 23.3. The molecule has 0 saturated carbocycles. The molecule has 0 spiro atoms. The van der Waals surface area contributed by atoms with E-state index < -0.39 is 16.1 Å². The van der Waals surface area contributed by atoms with E-state index >= 15 is 0 Å². The summed E-state index contributed by atoms with van der Waals surface area (Å²) >= 11 is 0. The summed E-state index contributed by atoms with van der Waals surface area (Å²) in [5.74, 6) is 1.14. The third kappa shape index (κ3) is 5.47. The summed E-state index contributed by atoms with van der Waals surface area (Å²) in [6.45, 7) is 4.15. The van der Waals surface area contributed by atoms with E-state index in [0.29, 0.717) is 24.4 Å². The second-order valence-corrected chi connectivity index (χ2v) is 9.44. The first-order valence-electron chi connectivity index (χ1n) is 10.3. The molecule has 1 heterocycles. The monoisotopic (exact) mass is 456 g/mol. The number of anilines is 1. The average molecular weight is 457 g/mol. The number of aryl methyl sites for hydroxylation is 1. The van der Waals surface area contributed by atoms with Gasteiger partial charge in [0.2, 0.25) is 10.0 Å². The fraction of sp³-hybridized carbons (Fsp3) is 0.304. The van der Waals surface area contributed by atoms with Crippen molar-refractivity contribution in [2.45, 2.75) is 32.9 Å². The summed E-state index contributed by atoms with van der Waals surface area (Å²) in [6, 6.07) is 14.4. The van der Waals surface area contributed by atoms with Crippen LogP contribution in [0, 0.1) is 6.92 Å². The summed E-state index contributed by atoms with van der Waals surface area (Å²) in [5.41, 5.74) is 2.44. The molecule has 8 nitrogen and oxygen atoms in total. The van der Waals surface area contributed by atoms with Crippen molar-refractivity contribution < 1.29 is 17.9 Å². The summed E-state index contributed by atoms with van der Waals surface area (Å²) < 4.78 is 32.4. The van der Waals surface area contributed by atoms with Gasteiger partial charge in [0.15, 0.2) is 6.10 Å². The molecule has 0 fully saturated rings. The molecule has 0 saturated heterocycles. The van der Waals surface area contributed by atoms with Crippen molar-refractivity contribution in [3.05, 3.63) is 72.3 Å². The Labute approximate surface area is 188 Å². The number of aromatic nitrogens is 2. The minimum absolute atomic E-state index is 0.220. The molecular formula is C23H28N4O4S. The summed E-state index contributed by atoms with van der Waals surface area (Å²) in [6.07, 6.45) is 4.58. The Morgan fingerprint density at radius 1 is 1.19 bits per heavy atom. The van der Waals surface area contributed by atoms with Gasteiger partial charge in [-0.3, -0.25) is 9.10 Å². The number of hydrogen-bond acceptors (Lipinski definition) is 5. The Hall–Kier alpha value is -3.33. The zero-order valence-electron chi connectivity index (χ0n) is 18.6. The van der Waals surface area contributed by atoms with Crippen molar-refractivity contribution in [2.24, 2.45) is 0 Å². The Bertz CT molecular complexity index is 1170. The van der Waals surface area contributed by atoms with Crippen molar-refractivity contribution in [3.8, 4) is 11.4 Å². The molecule has 32 heavy (non-hydrogen) atoms. The highest BCUT2D eigenvalue weighted by atomic mass is 32.2. The van der Waals surface area contributed by atoms with Crippen LogP contribution in [0.2, 0.25) is 0 Å². The maximum absolute atomic E-state index is 12.8. The highest BCUT2D eigenvalue weighted by molar-refractivity contribution is 7.92. The van der Waals surface area contributed by atoms with E-state index in [2.05, 4.69) is 10.3 Å². The van der Waals surface area contributed by atoms with Crippen LogP contribution in [0.5, 0.6) is 5.75 Å². The molecule has 170 valence electrons. The van der Waals surface area contributed by atoms with Crippen LogP contribution in [0.3, 0.4) is 0 Å². The molecule has 9 heteroatoms. The number of hydrogen-bond donors (Lipinski definition) is 1. The third-order valence-corrected chi connectivity index (χ3v) is 6.38.